The normalized spacial score (nSPS) is 15.8. The quantitative estimate of drug-likeness (QED) is 0.548. The van der Waals surface area contributed by atoms with Gasteiger partial charge >= 0.3 is 0 Å². The van der Waals surface area contributed by atoms with Crippen LogP contribution in [0.15, 0.2) is 47.2 Å². The largest absolute Gasteiger partial charge is 0.497 e. The maximum atomic E-state index is 12.5. The Morgan fingerprint density at radius 3 is 2.83 bits per heavy atom. The van der Waals surface area contributed by atoms with Gasteiger partial charge < -0.3 is 9.15 Å². The van der Waals surface area contributed by atoms with Gasteiger partial charge in [-0.15, -0.1) is 0 Å². The molecule has 1 aliphatic rings. The SMILES string of the molecule is COc1ccc2nc(Nc3ncc4c(n3)CC(c3ccco3)CC4=O)nc(C)c2c1. The molecule has 3 aromatic heterocycles. The van der Waals surface area contributed by atoms with Crippen molar-refractivity contribution in [1.82, 2.24) is 19.9 Å². The number of anilines is 2. The Labute approximate surface area is 172 Å². The molecular weight excluding hydrogens is 382 g/mol. The van der Waals surface area contributed by atoms with Gasteiger partial charge in [0, 0.05) is 30.3 Å². The van der Waals surface area contributed by atoms with Crippen LogP contribution in [0.2, 0.25) is 0 Å². The van der Waals surface area contributed by atoms with E-state index in [0.717, 1.165) is 28.1 Å². The summed E-state index contributed by atoms with van der Waals surface area (Å²) in [5, 5.41) is 3.98. The summed E-state index contributed by atoms with van der Waals surface area (Å²) in [4.78, 5) is 30.5. The predicted octanol–water partition coefficient (Wildman–Crippen LogP) is 3.99. The average Bonchev–Trinajstić information content (AvgIpc) is 3.28. The van der Waals surface area contributed by atoms with Gasteiger partial charge in [-0.2, -0.15) is 0 Å². The number of hydrogen-bond acceptors (Lipinski definition) is 8. The maximum Gasteiger partial charge on any atom is 0.230 e. The number of ether oxygens (including phenoxy) is 1. The number of aryl methyl sites for hydroxylation is 1. The second-order valence-electron chi connectivity index (χ2n) is 7.24. The van der Waals surface area contributed by atoms with Gasteiger partial charge in [0.1, 0.15) is 11.5 Å². The fraction of sp³-hybridized carbons (Fsp3) is 0.227. The number of rotatable bonds is 4. The summed E-state index contributed by atoms with van der Waals surface area (Å²) in [5.41, 5.74) is 2.86. The number of hydrogen-bond donors (Lipinski definition) is 1. The molecule has 1 aliphatic carbocycles. The Hall–Kier alpha value is -3.81. The molecular formula is C22H19N5O3. The van der Waals surface area contributed by atoms with Crippen molar-refractivity contribution in [3.63, 3.8) is 0 Å². The number of nitrogens with zero attached hydrogens (tertiary/aromatic N) is 4. The monoisotopic (exact) mass is 401 g/mol. The highest BCUT2D eigenvalue weighted by atomic mass is 16.5. The lowest BCUT2D eigenvalue weighted by atomic mass is 9.85. The minimum absolute atomic E-state index is 0.0168. The molecule has 150 valence electrons. The number of benzene rings is 1. The standard InChI is InChI=1S/C22H19N5O3/c1-12-15-10-14(29-2)5-6-17(15)25-22(24-12)27-21-23-11-16-18(26-21)8-13(9-19(16)28)20-4-3-7-30-20/h3-7,10-11,13H,8-9H2,1-2H3,(H,23,24,25,26,27). The number of ketones is 1. The molecule has 8 heteroatoms. The highest BCUT2D eigenvalue weighted by molar-refractivity contribution is 5.98. The maximum absolute atomic E-state index is 12.5. The number of carbonyl (C=O) groups is 1. The van der Waals surface area contributed by atoms with Gasteiger partial charge in [-0.05, 0) is 37.3 Å². The van der Waals surface area contributed by atoms with E-state index in [1.807, 2.05) is 37.3 Å². The van der Waals surface area contributed by atoms with Gasteiger partial charge in [0.25, 0.3) is 0 Å². The van der Waals surface area contributed by atoms with Crippen molar-refractivity contribution in [3.05, 3.63) is 65.5 Å². The molecule has 1 atom stereocenters. The first-order valence-electron chi connectivity index (χ1n) is 9.62. The zero-order valence-corrected chi connectivity index (χ0v) is 16.5. The fourth-order valence-electron chi connectivity index (χ4n) is 3.77. The number of methoxy groups -OCH3 is 1. The average molecular weight is 401 g/mol. The van der Waals surface area contributed by atoms with Gasteiger partial charge in [0.15, 0.2) is 5.78 Å². The van der Waals surface area contributed by atoms with E-state index in [9.17, 15) is 4.79 Å². The van der Waals surface area contributed by atoms with Crippen molar-refractivity contribution >= 4 is 28.6 Å². The number of fused-ring (bicyclic) bond motifs is 2. The van der Waals surface area contributed by atoms with Crippen LogP contribution in [0.1, 0.15) is 39.8 Å². The van der Waals surface area contributed by atoms with Crippen LogP contribution in [0.4, 0.5) is 11.9 Å². The first-order valence-corrected chi connectivity index (χ1v) is 9.62. The fourth-order valence-corrected chi connectivity index (χ4v) is 3.77. The number of aromatic nitrogens is 4. The van der Waals surface area contributed by atoms with Crippen molar-refractivity contribution in [2.24, 2.45) is 0 Å². The molecule has 3 heterocycles. The summed E-state index contributed by atoms with van der Waals surface area (Å²) in [5.74, 6) is 2.31. The first kappa shape index (κ1) is 18.2. The van der Waals surface area contributed by atoms with Gasteiger partial charge in [0.2, 0.25) is 11.9 Å². The highest BCUT2D eigenvalue weighted by Gasteiger charge is 2.29. The third-order valence-corrected chi connectivity index (χ3v) is 5.30. The van der Waals surface area contributed by atoms with Crippen molar-refractivity contribution in [3.8, 4) is 5.75 Å². The first-order chi connectivity index (χ1) is 14.6. The van der Waals surface area contributed by atoms with Crippen LogP contribution in [0.25, 0.3) is 10.9 Å². The lowest BCUT2D eigenvalue weighted by Crippen LogP contribution is -2.21. The second kappa shape index (κ2) is 7.22. The van der Waals surface area contributed by atoms with Gasteiger partial charge in [-0.1, -0.05) is 0 Å². The molecule has 0 bridgehead atoms. The Bertz CT molecular complexity index is 1250. The van der Waals surface area contributed by atoms with E-state index in [1.54, 1.807) is 19.6 Å². The van der Waals surface area contributed by atoms with E-state index in [1.165, 1.54) is 0 Å². The summed E-state index contributed by atoms with van der Waals surface area (Å²) in [6, 6.07) is 9.37. The minimum atomic E-state index is -0.0168. The van der Waals surface area contributed by atoms with E-state index >= 15 is 0 Å². The highest BCUT2D eigenvalue weighted by Crippen LogP contribution is 2.32. The van der Waals surface area contributed by atoms with Crippen LogP contribution in [0.3, 0.4) is 0 Å². The van der Waals surface area contributed by atoms with E-state index in [4.69, 9.17) is 9.15 Å². The smallest absolute Gasteiger partial charge is 0.230 e. The third kappa shape index (κ3) is 3.26. The molecule has 30 heavy (non-hydrogen) atoms. The zero-order chi connectivity index (χ0) is 20.7. The molecule has 1 N–H and O–H groups in total. The molecule has 0 saturated carbocycles. The van der Waals surface area contributed by atoms with Crippen molar-refractivity contribution in [2.75, 3.05) is 12.4 Å². The van der Waals surface area contributed by atoms with Crippen molar-refractivity contribution in [1.29, 1.82) is 0 Å². The summed E-state index contributed by atoms with van der Waals surface area (Å²) in [6.45, 7) is 1.91. The Morgan fingerprint density at radius 1 is 1.13 bits per heavy atom. The Morgan fingerprint density at radius 2 is 2.03 bits per heavy atom. The van der Waals surface area contributed by atoms with E-state index in [2.05, 4.69) is 25.3 Å². The molecule has 1 aromatic carbocycles. The van der Waals surface area contributed by atoms with Gasteiger partial charge in [-0.3, -0.25) is 10.1 Å². The molecule has 0 spiro atoms. The molecule has 0 amide bonds. The third-order valence-electron chi connectivity index (χ3n) is 5.30. The number of furan rings is 1. The zero-order valence-electron chi connectivity index (χ0n) is 16.5. The number of carbonyl (C=O) groups excluding carboxylic acids is 1. The second-order valence-corrected chi connectivity index (χ2v) is 7.24. The van der Waals surface area contributed by atoms with Crippen LogP contribution < -0.4 is 10.1 Å². The summed E-state index contributed by atoms with van der Waals surface area (Å²) >= 11 is 0. The molecule has 1 unspecified atom stereocenters. The van der Waals surface area contributed by atoms with Crippen LogP contribution in [0, 0.1) is 6.92 Å². The number of nitrogens with one attached hydrogen (secondary N) is 1. The van der Waals surface area contributed by atoms with Crippen LogP contribution in [-0.2, 0) is 6.42 Å². The van der Waals surface area contributed by atoms with E-state index < -0.39 is 0 Å². The molecule has 0 saturated heterocycles. The predicted molar refractivity (Wildman–Crippen MR) is 110 cm³/mol. The topological polar surface area (TPSA) is 103 Å². The van der Waals surface area contributed by atoms with Gasteiger partial charge in [-0.25, -0.2) is 19.9 Å². The van der Waals surface area contributed by atoms with Crippen LogP contribution >= 0.6 is 0 Å². The molecule has 4 aromatic rings. The minimum Gasteiger partial charge on any atom is -0.497 e. The van der Waals surface area contributed by atoms with Crippen LogP contribution in [0.5, 0.6) is 5.75 Å². The van der Waals surface area contributed by atoms with E-state index in [0.29, 0.717) is 36.0 Å². The lowest BCUT2D eigenvalue weighted by molar-refractivity contribution is 0.0958. The summed E-state index contributed by atoms with van der Waals surface area (Å²) < 4.78 is 10.8. The molecule has 5 rings (SSSR count). The Balaban J connectivity index is 1.45. The molecule has 0 radical (unpaired) electrons. The lowest BCUT2D eigenvalue weighted by Gasteiger charge is -2.21. The van der Waals surface area contributed by atoms with Crippen molar-refractivity contribution in [2.45, 2.75) is 25.7 Å². The van der Waals surface area contributed by atoms with Crippen molar-refractivity contribution < 1.29 is 13.9 Å². The van der Waals surface area contributed by atoms with Gasteiger partial charge in [0.05, 0.1) is 35.8 Å². The van der Waals surface area contributed by atoms with Crippen LogP contribution in [-0.4, -0.2) is 32.8 Å². The summed E-state index contributed by atoms with van der Waals surface area (Å²) in [6.07, 6.45) is 4.21. The van der Waals surface area contributed by atoms with E-state index in [-0.39, 0.29) is 11.7 Å². The molecule has 8 nitrogen and oxygen atoms in total. The number of Topliss-reactive ketones (excluding diaryl/α,β-unsaturated/α-hetero) is 1. The molecule has 0 aliphatic heterocycles. The molecule has 0 fully saturated rings. The Kier molecular flexibility index (Phi) is 4.39. The summed E-state index contributed by atoms with van der Waals surface area (Å²) in [7, 11) is 1.63.